The maximum atomic E-state index is 10.8. The van der Waals surface area contributed by atoms with E-state index in [0.29, 0.717) is 4.60 Å². The van der Waals surface area contributed by atoms with Crippen molar-refractivity contribution in [3.05, 3.63) is 22.3 Å². The molecule has 12 heavy (non-hydrogen) atoms. The summed E-state index contributed by atoms with van der Waals surface area (Å²) in [6.45, 7) is 1.76. The summed E-state index contributed by atoms with van der Waals surface area (Å²) in [6, 6.07) is 3.11. The van der Waals surface area contributed by atoms with Gasteiger partial charge >= 0.3 is 0 Å². The standard InChI is InChI=1S/C6H5BrClNO2S/c1-4-2-5(7)9-6(3-4)12(8,10)11/h2-3H,1H3. The Labute approximate surface area is 83.3 Å². The molecular weight excluding hydrogens is 265 g/mol. The van der Waals surface area contributed by atoms with Gasteiger partial charge in [-0.2, -0.15) is 0 Å². The summed E-state index contributed by atoms with van der Waals surface area (Å²) >= 11 is 3.07. The van der Waals surface area contributed by atoms with Crippen LogP contribution in [0.5, 0.6) is 0 Å². The highest BCUT2D eigenvalue weighted by molar-refractivity contribution is 9.10. The molecule has 0 saturated carbocycles. The molecule has 3 nitrogen and oxygen atoms in total. The number of hydrogen-bond acceptors (Lipinski definition) is 3. The van der Waals surface area contributed by atoms with Crippen LogP contribution in [0.4, 0.5) is 0 Å². The Hall–Kier alpha value is -0.130. The minimum atomic E-state index is -3.72. The molecule has 0 N–H and O–H groups in total. The Balaban J connectivity index is 3.37. The van der Waals surface area contributed by atoms with Crippen molar-refractivity contribution in [1.82, 2.24) is 4.98 Å². The average molecular weight is 271 g/mol. The first kappa shape index (κ1) is 9.95. The molecule has 1 heterocycles. The molecule has 0 radical (unpaired) electrons. The van der Waals surface area contributed by atoms with E-state index in [4.69, 9.17) is 10.7 Å². The van der Waals surface area contributed by atoms with E-state index < -0.39 is 9.05 Å². The molecule has 0 aliphatic heterocycles. The SMILES string of the molecule is Cc1cc(Br)nc(S(=O)(=O)Cl)c1. The zero-order chi connectivity index (χ0) is 9.35. The minimum absolute atomic E-state index is 0.129. The lowest BCUT2D eigenvalue weighted by Crippen LogP contribution is -1.95. The van der Waals surface area contributed by atoms with Crippen molar-refractivity contribution < 1.29 is 8.42 Å². The third kappa shape index (κ3) is 2.43. The van der Waals surface area contributed by atoms with E-state index in [0.717, 1.165) is 5.56 Å². The topological polar surface area (TPSA) is 47.0 Å². The molecule has 0 aliphatic rings. The quantitative estimate of drug-likeness (QED) is 0.580. The van der Waals surface area contributed by atoms with E-state index in [1.165, 1.54) is 6.07 Å². The molecular formula is C6H5BrClNO2S. The highest BCUT2D eigenvalue weighted by Crippen LogP contribution is 2.17. The molecule has 0 saturated heterocycles. The summed E-state index contributed by atoms with van der Waals surface area (Å²) < 4.78 is 22.1. The van der Waals surface area contributed by atoms with Crippen molar-refractivity contribution in [2.45, 2.75) is 11.9 Å². The van der Waals surface area contributed by atoms with Gasteiger partial charge in [-0.1, -0.05) is 0 Å². The maximum absolute atomic E-state index is 10.8. The Kier molecular flexibility index (Phi) is 2.75. The van der Waals surface area contributed by atoms with E-state index in [1.807, 2.05) is 0 Å². The van der Waals surface area contributed by atoms with E-state index >= 15 is 0 Å². The largest absolute Gasteiger partial charge is 0.278 e. The van der Waals surface area contributed by atoms with Crippen LogP contribution in [-0.2, 0) is 9.05 Å². The minimum Gasteiger partial charge on any atom is -0.228 e. The molecule has 0 aromatic carbocycles. The van der Waals surface area contributed by atoms with Gasteiger partial charge in [-0.15, -0.1) is 0 Å². The second kappa shape index (κ2) is 3.32. The first-order valence-electron chi connectivity index (χ1n) is 2.98. The normalized spacial score (nSPS) is 11.6. The van der Waals surface area contributed by atoms with Crippen LogP contribution in [0.25, 0.3) is 0 Å². The zero-order valence-electron chi connectivity index (χ0n) is 6.08. The smallest absolute Gasteiger partial charge is 0.228 e. The van der Waals surface area contributed by atoms with Crippen molar-refractivity contribution in [3.63, 3.8) is 0 Å². The molecule has 0 bridgehead atoms. The van der Waals surface area contributed by atoms with E-state index in [-0.39, 0.29) is 5.03 Å². The highest BCUT2D eigenvalue weighted by Gasteiger charge is 2.12. The third-order valence-electron chi connectivity index (χ3n) is 1.16. The van der Waals surface area contributed by atoms with E-state index in [9.17, 15) is 8.42 Å². The van der Waals surface area contributed by atoms with Crippen LogP contribution in [-0.4, -0.2) is 13.4 Å². The van der Waals surface area contributed by atoms with Crippen molar-refractivity contribution in [3.8, 4) is 0 Å². The van der Waals surface area contributed by atoms with E-state index in [1.54, 1.807) is 13.0 Å². The Bertz CT molecular complexity index is 384. The fourth-order valence-electron chi connectivity index (χ4n) is 0.719. The van der Waals surface area contributed by atoms with E-state index in [2.05, 4.69) is 20.9 Å². The number of rotatable bonds is 1. The van der Waals surface area contributed by atoms with Crippen LogP contribution in [0, 0.1) is 6.92 Å². The van der Waals surface area contributed by atoms with Gasteiger partial charge in [0.25, 0.3) is 9.05 Å². The van der Waals surface area contributed by atoms with Gasteiger partial charge in [-0.05, 0) is 40.5 Å². The van der Waals surface area contributed by atoms with Crippen LogP contribution in [0.3, 0.4) is 0 Å². The van der Waals surface area contributed by atoms with Crippen LogP contribution >= 0.6 is 26.6 Å². The summed E-state index contributed by atoms with van der Waals surface area (Å²) in [6.07, 6.45) is 0. The van der Waals surface area contributed by atoms with Gasteiger partial charge in [0, 0.05) is 10.7 Å². The lowest BCUT2D eigenvalue weighted by Gasteiger charge is -1.97. The number of hydrogen-bond donors (Lipinski definition) is 0. The molecule has 0 amide bonds. The zero-order valence-corrected chi connectivity index (χ0v) is 9.24. The summed E-state index contributed by atoms with van der Waals surface area (Å²) in [5.74, 6) is 0. The van der Waals surface area contributed by atoms with Crippen LogP contribution in [0.15, 0.2) is 21.8 Å². The average Bonchev–Trinajstić information content (AvgIpc) is 1.82. The van der Waals surface area contributed by atoms with Crippen LogP contribution in [0.1, 0.15) is 5.56 Å². The molecule has 0 fully saturated rings. The summed E-state index contributed by atoms with van der Waals surface area (Å²) in [5, 5.41) is -0.129. The number of pyridine rings is 1. The molecule has 6 heteroatoms. The van der Waals surface area contributed by atoms with Crippen molar-refractivity contribution >= 4 is 35.7 Å². The van der Waals surface area contributed by atoms with Crippen LogP contribution in [0.2, 0.25) is 0 Å². The Morgan fingerprint density at radius 1 is 1.50 bits per heavy atom. The summed E-state index contributed by atoms with van der Waals surface area (Å²) in [4.78, 5) is 3.70. The number of aryl methyl sites for hydroxylation is 1. The van der Waals surface area contributed by atoms with Crippen molar-refractivity contribution in [1.29, 1.82) is 0 Å². The van der Waals surface area contributed by atoms with Crippen LogP contribution < -0.4 is 0 Å². The number of aromatic nitrogens is 1. The van der Waals surface area contributed by atoms with Gasteiger partial charge in [0.15, 0.2) is 5.03 Å². The fraction of sp³-hybridized carbons (Fsp3) is 0.167. The number of halogens is 2. The molecule has 1 aromatic rings. The monoisotopic (exact) mass is 269 g/mol. The third-order valence-corrected chi connectivity index (χ3v) is 2.75. The van der Waals surface area contributed by atoms with Gasteiger partial charge in [0.2, 0.25) is 0 Å². The first-order chi connectivity index (χ1) is 5.39. The summed E-state index contributed by atoms with van der Waals surface area (Å²) in [5.41, 5.74) is 0.788. The molecule has 66 valence electrons. The molecule has 1 aromatic heterocycles. The van der Waals surface area contributed by atoms with Gasteiger partial charge in [-0.25, -0.2) is 13.4 Å². The molecule has 0 spiro atoms. The first-order valence-corrected chi connectivity index (χ1v) is 6.08. The predicted molar refractivity (Wildman–Crippen MR) is 49.7 cm³/mol. The summed E-state index contributed by atoms with van der Waals surface area (Å²) in [7, 11) is 1.37. The predicted octanol–water partition coefficient (Wildman–Crippen LogP) is 2.08. The highest BCUT2D eigenvalue weighted by atomic mass is 79.9. The van der Waals surface area contributed by atoms with Gasteiger partial charge in [0.05, 0.1) is 0 Å². The Morgan fingerprint density at radius 3 is 2.50 bits per heavy atom. The lowest BCUT2D eigenvalue weighted by atomic mass is 10.3. The Morgan fingerprint density at radius 2 is 2.08 bits per heavy atom. The number of nitrogens with zero attached hydrogens (tertiary/aromatic N) is 1. The van der Waals surface area contributed by atoms with Crippen molar-refractivity contribution in [2.75, 3.05) is 0 Å². The maximum Gasteiger partial charge on any atom is 0.278 e. The second-order valence-corrected chi connectivity index (χ2v) is 5.57. The lowest BCUT2D eigenvalue weighted by molar-refractivity contribution is 0.605. The van der Waals surface area contributed by atoms with Gasteiger partial charge < -0.3 is 0 Å². The molecule has 0 unspecified atom stereocenters. The van der Waals surface area contributed by atoms with Gasteiger partial charge in [-0.3, -0.25) is 0 Å². The van der Waals surface area contributed by atoms with Gasteiger partial charge in [0.1, 0.15) is 4.60 Å². The second-order valence-electron chi connectivity index (χ2n) is 2.24. The molecule has 0 atom stereocenters. The fourth-order valence-corrected chi connectivity index (χ4v) is 2.16. The molecule has 1 rings (SSSR count). The molecule has 0 aliphatic carbocycles. The van der Waals surface area contributed by atoms with Crippen molar-refractivity contribution in [2.24, 2.45) is 0 Å².